The minimum Gasteiger partial charge on any atom is -0.309 e. The molecule has 0 unspecified atom stereocenters. The molecule has 0 N–H and O–H groups in total. The van der Waals surface area contributed by atoms with E-state index < -0.39 is 0 Å². The summed E-state index contributed by atoms with van der Waals surface area (Å²) in [5, 5.41) is 3.67. The Bertz CT molecular complexity index is 2700. The zero-order valence-corrected chi connectivity index (χ0v) is 23.7. The summed E-state index contributed by atoms with van der Waals surface area (Å²) in [6.07, 6.45) is 0. The van der Waals surface area contributed by atoms with Gasteiger partial charge >= 0.3 is 0 Å². The molecule has 0 fully saturated rings. The summed E-state index contributed by atoms with van der Waals surface area (Å²) in [5.41, 5.74) is 11.2. The summed E-state index contributed by atoms with van der Waals surface area (Å²) in [4.78, 5) is 5.18. The van der Waals surface area contributed by atoms with E-state index in [1.807, 2.05) is 0 Å². The lowest BCUT2D eigenvalue weighted by atomic mass is 10.1. The molecule has 0 atom stereocenters. The van der Waals surface area contributed by atoms with Gasteiger partial charge in [0.05, 0.1) is 27.6 Å². The Balaban J connectivity index is 1.40. The van der Waals surface area contributed by atoms with Crippen LogP contribution in [-0.2, 0) is 0 Å². The van der Waals surface area contributed by atoms with Crippen LogP contribution in [0.5, 0.6) is 0 Å². The Labute approximate surface area is 252 Å². The van der Waals surface area contributed by atoms with Crippen molar-refractivity contribution in [2.45, 2.75) is 0 Å². The fraction of sp³-hybridized carbons (Fsp3) is 0. The van der Waals surface area contributed by atoms with Crippen LogP contribution in [0, 0.1) is 0 Å². The molecular weight excluding hydrogens is 538 g/mol. The van der Waals surface area contributed by atoms with E-state index >= 15 is 0 Å². The van der Waals surface area contributed by atoms with Crippen LogP contribution in [0.4, 0.5) is 0 Å². The van der Waals surface area contributed by atoms with Crippen molar-refractivity contribution in [3.8, 4) is 17.1 Å². The van der Waals surface area contributed by atoms with Crippen molar-refractivity contribution in [3.63, 3.8) is 0 Å². The minimum atomic E-state index is 0.904. The Morgan fingerprint density at radius 1 is 0.386 bits per heavy atom. The van der Waals surface area contributed by atoms with Crippen LogP contribution in [-0.4, -0.2) is 23.1 Å². The van der Waals surface area contributed by atoms with Gasteiger partial charge in [-0.25, -0.2) is 4.98 Å². The SMILES string of the molecule is c1ccc(-n2c3ccccc3c3ccc(-n4c5ccccc5c5c4n4c6ccccc6nc4n5-c4ccccc4)cc32)cc1. The Hall–Kier alpha value is -6.07. The van der Waals surface area contributed by atoms with Crippen LogP contribution in [0.1, 0.15) is 0 Å². The van der Waals surface area contributed by atoms with Crippen molar-refractivity contribution >= 4 is 60.7 Å². The number of rotatable bonds is 3. The first-order chi connectivity index (χ1) is 21.9. The number of hydrogen-bond acceptors (Lipinski definition) is 1. The molecule has 0 radical (unpaired) electrons. The van der Waals surface area contributed by atoms with Crippen LogP contribution in [0.25, 0.3) is 77.7 Å². The first-order valence-electron chi connectivity index (χ1n) is 14.9. The fourth-order valence-electron chi connectivity index (χ4n) is 7.14. The molecule has 4 aromatic heterocycles. The van der Waals surface area contributed by atoms with E-state index in [1.54, 1.807) is 0 Å². The highest BCUT2D eigenvalue weighted by atomic mass is 15.3. The van der Waals surface area contributed by atoms with Crippen molar-refractivity contribution in [2.75, 3.05) is 0 Å². The molecule has 10 aromatic rings. The second-order valence-electron chi connectivity index (χ2n) is 11.3. The zero-order valence-electron chi connectivity index (χ0n) is 23.7. The highest BCUT2D eigenvalue weighted by Crippen LogP contribution is 2.40. The van der Waals surface area contributed by atoms with E-state index in [4.69, 9.17) is 4.98 Å². The molecule has 0 saturated heterocycles. The fourth-order valence-corrected chi connectivity index (χ4v) is 7.14. The third kappa shape index (κ3) is 3.05. The highest BCUT2D eigenvalue weighted by molar-refractivity contribution is 6.12. The third-order valence-corrected chi connectivity index (χ3v) is 8.95. The first-order valence-corrected chi connectivity index (χ1v) is 14.9. The van der Waals surface area contributed by atoms with Gasteiger partial charge in [0.15, 0.2) is 5.65 Å². The molecule has 0 amide bonds. The lowest BCUT2D eigenvalue weighted by molar-refractivity contribution is 1.09. The summed E-state index contributed by atoms with van der Waals surface area (Å²) in [6, 6.07) is 54.0. The van der Waals surface area contributed by atoms with Crippen LogP contribution < -0.4 is 0 Å². The third-order valence-electron chi connectivity index (χ3n) is 8.95. The first kappa shape index (κ1) is 23.5. The number of hydrogen-bond donors (Lipinski definition) is 0. The monoisotopic (exact) mass is 563 g/mol. The maximum atomic E-state index is 5.18. The molecule has 6 aromatic carbocycles. The van der Waals surface area contributed by atoms with Gasteiger partial charge in [0.2, 0.25) is 5.78 Å². The molecule has 0 saturated carbocycles. The topological polar surface area (TPSA) is 32.1 Å². The van der Waals surface area contributed by atoms with Crippen molar-refractivity contribution in [1.29, 1.82) is 0 Å². The van der Waals surface area contributed by atoms with Crippen molar-refractivity contribution in [2.24, 2.45) is 0 Å². The van der Waals surface area contributed by atoms with Crippen LogP contribution >= 0.6 is 0 Å². The lowest BCUT2D eigenvalue weighted by Gasteiger charge is -2.11. The molecule has 10 rings (SSSR count). The second-order valence-corrected chi connectivity index (χ2v) is 11.3. The second kappa shape index (κ2) is 8.72. The number of benzene rings is 6. The summed E-state index contributed by atoms with van der Waals surface area (Å²) < 4.78 is 9.44. The summed E-state index contributed by atoms with van der Waals surface area (Å²) in [7, 11) is 0. The largest absolute Gasteiger partial charge is 0.309 e. The Morgan fingerprint density at radius 3 is 1.70 bits per heavy atom. The van der Waals surface area contributed by atoms with Crippen LogP contribution in [0.2, 0.25) is 0 Å². The van der Waals surface area contributed by atoms with Crippen LogP contribution in [0.3, 0.4) is 0 Å². The summed E-state index contributed by atoms with van der Waals surface area (Å²) in [5.74, 6) is 0.904. The average Bonchev–Trinajstić information content (AvgIpc) is 3.80. The number of para-hydroxylation sites is 6. The molecule has 206 valence electrons. The van der Waals surface area contributed by atoms with Gasteiger partial charge in [0.25, 0.3) is 0 Å². The standard InChI is InChI=1S/C39H25N5/c1-3-13-26(14-4-1)41-33-20-10-7-17-29(33)30-24-23-28(25-36(30)41)42-34-21-11-8-18-31(34)37-38(42)44-35-22-12-9-19-32(35)40-39(44)43(37)27-15-5-2-6-16-27/h1-25H. The van der Waals surface area contributed by atoms with Crippen molar-refractivity contribution in [1.82, 2.24) is 23.1 Å². The molecule has 5 heteroatoms. The number of nitrogens with zero attached hydrogens (tertiary/aromatic N) is 5. The van der Waals surface area contributed by atoms with Crippen LogP contribution in [0.15, 0.2) is 152 Å². The molecular formula is C39H25N5. The quantitative estimate of drug-likeness (QED) is 0.211. The molecule has 0 bridgehead atoms. The number of fused-ring (bicyclic) bond motifs is 10. The normalized spacial score (nSPS) is 12.1. The molecule has 0 aliphatic heterocycles. The molecule has 5 nitrogen and oxygen atoms in total. The Morgan fingerprint density at radius 2 is 0.955 bits per heavy atom. The predicted octanol–water partition coefficient (Wildman–Crippen LogP) is 9.47. The average molecular weight is 564 g/mol. The Kier molecular flexibility index (Phi) is 4.66. The molecule has 44 heavy (non-hydrogen) atoms. The van der Waals surface area contributed by atoms with Crippen molar-refractivity contribution < 1.29 is 0 Å². The summed E-state index contributed by atoms with van der Waals surface area (Å²) >= 11 is 0. The maximum absolute atomic E-state index is 5.18. The minimum absolute atomic E-state index is 0.904. The van der Waals surface area contributed by atoms with E-state index in [2.05, 4.69) is 170 Å². The van der Waals surface area contributed by atoms with Gasteiger partial charge in [-0.1, -0.05) is 91.0 Å². The number of imidazole rings is 2. The molecule has 0 aliphatic carbocycles. The molecule has 0 aliphatic rings. The van der Waals surface area contributed by atoms with Gasteiger partial charge in [-0.2, -0.15) is 0 Å². The van der Waals surface area contributed by atoms with E-state index in [0.29, 0.717) is 0 Å². The predicted molar refractivity (Wildman–Crippen MR) is 181 cm³/mol. The van der Waals surface area contributed by atoms with Gasteiger partial charge in [-0.05, 0) is 60.7 Å². The van der Waals surface area contributed by atoms with Gasteiger partial charge < -0.3 is 4.57 Å². The van der Waals surface area contributed by atoms with Gasteiger partial charge in [-0.15, -0.1) is 0 Å². The molecule has 0 spiro atoms. The van der Waals surface area contributed by atoms with E-state index in [-0.39, 0.29) is 0 Å². The van der Waals surface area contributed by atoms with Crippen molar-refractivity contribution in [3.05, 3.63) is 152 Å². The summed E-state index contributed by atoms with van der Waals surface area (Å²) in [6.45, 7) is 0. The number of aromatic nitrogens is 5. The van der Waals surface area contributed by atoms with E-state index in [9.17, 15) is 0 Å². The maximum Gasteiger partial charge on any atom is 0.221 e. The van der Waals surface area contributed by atoms with Gasteiger partial charge in [-0.3, -0.25) is 13.5 Å². The van der Waals surface area contributed by atoms with Gasteiger partial charge in [0.1, 0.15) is 5.52 Å². The highest BCUT2D eigenvalue weighted by Gasteiger charge is 2.25. The zero-order chi connectivity index (χ0) is 28.8. The van der Waals surface area contributed by atoms with E-state index in [1.165, 1.54) is 27.2 Å². The molecule has 4 heterocycles. The van der Waals surface area contributed by atoms with E-state index in [0.717, 1.165) is 50.6 Å². The lowest BCUT2D eigenvalue weighted by Crippen LogP contribution is -1.99. The smallest absolute Gasteiger partial charge is 0.221 e. The van der Waals surface area contributed by atoms with Gasteiger partial charge in [0, 0.05) is 33.2 Å².